The summed E-state index contributed by atoms with van der Waals surface area (Å²) in [5.74, 6) is 1.34. The second-order valence-corrected chi connectivity index (χ2v) is 8.29. The molecule has 0 amide bonds. The number of nitrogens with zero attached hydrogens (tertiary/aromatic N) is 2. The maximum atomic E-state index is 9.21. The maximum Gasteiger partial charge on any atom is 0.632 e. The number of benzene rings is 4. The second-order valence-electron chi connectivity index (χ2n) is 8.29. The molecule has 4 aromatic carbocycles. The van der Waals surface area contributed by atoms with Crippen LogP contribution in [0.3, 0.4) is 0 Å². The predicted molar refractivity (Wildman–Crippen MR) is 138 cm³/mol. The molecule has 0 spiro atoms. The fourth-order valence-electron chi connectivity index (χ4n) is 4.27. The van der Waals surface area contributed by atoms with Gasteiger partial charge in [0, 0.05) is 16.6 Å². The molecule has 0 aliphatic carbocycles. The monoisotopic (exact) mass is 450 g/mol. The first-order chi connectivity index (χ1) is 17.3. The van der Waals surface area contributed by atoms with E-state index in [-0.39, 0.29) is 0 Å². The summed E-state index contributed by atoms with van der Waals surface area (Å²) in [7, 11) is -0.706. The minimum atomic E-state index is -0.706. The topological polar surface area (TPSA) is 55.1 Å². The molecule has 2 bridgehead atoms. The summed E-state index contributed by atoms with van der Waals surface area (Å²) in [6, 6.07) is 39.7. The van der Waals surface area contributed by atoms with Crippen LogP contribution in [0.4, 0.5) is 0 Å². The molecule has 0 radical (unpaired) electrons. The quantitative estimate of drug-likeness (QED) is 0.304. The molecule has 0 saturated heterocycles. The Kier molecular flexibility index (Phi) is 5.25. The molecule has 0 fully saturated rings. The summed E-state index contributed by atoms with van der Waals surface area (Å²) in [4.78, 5) is 5.03. The zero-order chi connectivity index (χ0) is 23.6. The summed E-state index contributed by atoms with van der Waals surface area (Å²) in [6.07, 6.45) is 0. The molecule has 1 aliphatic heterocycles. The number of fused-ring (bicyclic) bond motifs is 6. The van der Waals surface area contributed by atoms with Gasteiger partial charge in [0.15, 0.2) is 0 Å². The van der Waals surface area contributed by atoms with Crippen LogP contribution in [0.1, 0.15) is 5.56 Å². The summed E-state index contributed by atoms with van der Waals surface area (Å²) in [6.45, 7) is 0. The molecule has 0 atom stereocenters. The number of rotatable bonds is 2. The average molecular weight is 450 g/mol. The molecule has 1 aromatic heterocycles. The Morgan fingerprint density at radius 2 is 1.14 bits per heavy atom. The van der Waals surface area contributed by atoms with Gasteiger partial charge in [-0.25, -0.2) is 4.98 Å². The van der Waals surface area contributed by atoms with Gasteiger partial charge in [-0.15, -0.1) is 0 Å². The predicted octanol–water partition coefficient (Wildman–Crippen LogP) is 6.12. The standard InChI is InChI=1S/C30H19BN2O2/c32-20-21-14-16-24(17-15-21)31-34-29-12-6-4-10-25(29)27-18-23(22-8-2-1-3-9-22)19-28(33-27)26-11-5-7-13-30(26)35-31/h1-19H. The Hall–Kier alpha value is -4.82. The van der Waals surface area contributed by atoms with Crippen molar-refractivity contribution >= 4 is 12.6 Å². The van der Waals surface area contributed by atoms with Crippen molar-refractivity contribution in [1.29, 1.82) is 5.26 Å². The zero-order valence-corrected chi connectivity index (χ0v) is 18.8. The van der Waals surface area contributed by atoms with Gasteiger partial charge in [0.25, 0.3) is 0 Å². The van der Waals surface area contributed by atoms with Gasteiger partial charge in [-0.1, -0.05) is 66.7 Å². The van der Waals surface area contributed by atoms with Crippen LogP contribution >= 0.6 is 0 Å². The number of aromatic nitrogens is 1. The first-order valence-corrected chi connectivity index (χ1v) is 11.4. The van der Waals surface area contributed by atoms with Gasteiger partial charge in [-0.2, -0.15) is 5.26 Å². The van der Waals surface area contributed by atoms with Gasteiger partial charge >= 0.3 is 7.12 Å². The van der Waals surface area contributed by atoms with E-state index in [9.17, 15) is 5.26 Å². The highest BCUT2D eigenvalue weighted by Gasteiger charge is 2.30. The Labute approximate surface area is 204 Å². The fourth-order valence-corrected chi connectivity index (χ4v) is 4.27. The van der Waals surface area contributed by atoms with Crippen LogP contribution in [-0.2, 0) is 0 Å². The van der Waals surface area contributed by atoms with Crippen LogP contribution in [0, 0.1) is 11.3 Å². The zero-order valence-electron chi connectivity index (χ0n) is 18.8. The van der Waals surface area contributed by atoms with Crippen molar-refractivity contribution in [2.24, 2.45) is 0 Å². The first kappa shape index (κ1) is 20.8. The Morgan fingerprint density at radius 3 is 1.71 bits per heavy atom. The Morgan fingerprint density at radius 1 is 0.600 bits per heavy atom. The lowest BCUT2D eigenvalue weighted by Gasteiger charge is -2.23. The van der Waals surface area contributed by atoms with E-state index in [4.69, 9.17) is 14.3 Å². The van der Waals surface area contributed by atoms with Crippen molar-refractivity contribution in [3.63, 3.8) is 0 Å². The van der Waals surface area contributed by atoms with E-state index in [1.165, 1.54) is 0 Å². The van der Waals surface area contributed by atoms with Crippen LogP contribution in [0.2, 0.25) is 0 Å². The van der Waals surface area contributed by atoms with Crippen molar-refractivity contribution in [3.8, 4) is 51.2 Å². The van der Waals surface area contributed by atoms with E-state index in [1.807, 2.05) is 78.9 Å². The van der Waals surface area contributed by atoms with Gasteiger partial charge in [-0.3, -0.25) is 0 Å². The van der Waals surface area contributed by atoms with Crippen molar-refractivity contribution in [2.75, 3.05) is 0 Å². The van der Waals surface area contributed by atoms with Crippen LogP contribution < -0.4 is 14.8 Å². The largest absolute Gasteiger partial charge is 0.632 e. The molecule has 4 nitrogen and oxygen atoms in total. The van der Waals surface area contributed by atoms with Crippen molar-refractivity contribution in [2.45, 2.75) is 0 Å². The lowest BCUT2D eigenvalue weighted by molar-refractivity contribution is 0.440. The highest BCUT2D eigenvalue weighted by molar-refractivity contribution is 6.62. The summed E-state index contributed by atoms with van der Waals surface area (Å²) >= 11 is 0. The van der Waals surface area contributed by atoms with Crippen LogP contribution in [0.25, 0.3) is 33.6 Å². The lowest BCUT2D eigenvalue weighted by atomic mass is 9.78. The summed E-state index contributed by atoms with van der Waals surface area (Å²) in [5, 5.41) is 9.21. The van der Waals surface area contributed by atoms with E-state index in [1.54, 1.807) is 12.1 Å². The van der Waals surface area contributed by atoms with Crippen LogP contribution in [0.5, 0.6) is 11.5 Å². The van der Waals surface area contributed by atoms with E-state index >= 15 is 0 Å². The van der Waals surface area contributed by atoms with Crippen molar-refractivity contribution < 1.29 is 9.31 Å². The third-order valence-corrected chi connectivity index (χ3v) is 6.04. The molecule has 35 heavy (non-hydrogen) atoms. The molecular formula is C30H19BN2O2. The third kappa shape index (κ3) is 4.03. The van der Waals surface area contributed by atoms with Gasteiger partial charge < -0.3 is 9.31 Å². The smallest absolute Gasteiger partial charge is 0.521 e. The highest BCUT2D eigenvalue weighted by atomic mass is 16.6. The molecule has 0 N–H and O–H groups in total. The van der Waals surface area contributed by atoms with Gasteiger partial charge in [-0.05, 0) is 59.7 Å². The third-order valence-electron chi connectivity index (χ3n) is 6.04. The maximum absolute atomic E-state index is 9.21. The fraction of sp³-hybridized carbons (Fsp3) is 0. The molecule has 164 valence electrons. The number of hydrogen-bond donors (Lipinski definition) is 0. The van der Waals surface area contributed by atoms with Gasteiger partial charge in [0.05, 0.1) is 23.0 Å². The van der Waals surface area contributed by atoms with Crippen molar-refractivity contribution in [1.82, 2.24) is 4.98 Å². The summed E-state index contributed by atoms with van der Waals surface area (Å²) in [5.41, 5.74) is 7.00. The van der Waals surface area contributed by atoms with Crippen LogP contribution in [-0.4, -0.2) is 12.1 Å². The Balaban J connectivity index is 1.57. The van der Waals surface area contributed by atoms with Gasteiger partial charge in [0.1, 0.15) is 11.5 Å². The van der Waals surface area contributed by atoms with Crippen molar-refractivity contribution in [3.05, 3.63) is 121 Å². The minimum Gasteiger partial charge on any atom is -0.521 e. The minimum absolute atomic E-state index is 0.585. The van der Waals surface area contributed by atoms with E-state index < -0.39 is 7.12 Å². The Bertz CT molecular complexity index is 1490. The highest BCUT2D eigenvalue weighted by Crippen LogP contribution is 2.38. The normalized spacial score (nSPS) is 11.8. The number of nitriles is 1. The molecule has 5 aromatic rings. The molecule has 0 unspecified atom stereocenters. The first-order valence-electron chi connectivity index (χ1n) is 11.4. The van der Waals surface area contributed by atoms with E-state index in [0.717, 1.165) is 39.1 Å². The average Bonchev–Trinajstić information content (AvgIpc) is 2.93. The molecule has 1 aliphatic rings. The SMILES string of the molecule is N#Cc1ccc(B2Oc3ccccc3-c3cc(-c4ccccc4)cc(n3)-c3ccccc3O2)cc1. The number of para-hydroxylation sites is 2. The number of pyridine rings is 1. The molecule has 6 rings (SSSR count). The van der Waals surface area contributed by atoms with E-state index in [2.05, 4.69) is 30.3 Å². The molecule has 2 heterocycles. The lowest BCUT2D eigenvalue weighted by Crippen LogP contribution is -2.43. The molecule has 5 heteroatoms. The van der Waals surface area contributed by atoms with E-state index in [0.29, 0.717) is 17.1 Å². The summed E-state index contributed by atoms with van der Waals surface area (Å²) < 4.78 is 13.0. The number of hydrogen-bond acceptors (Lipinski definition) is 4. The molecular weight excluding hydrogens is 431 g/mol. The van der Waals surface area contributed by atoms with Gasteiger partial charge in [0.2, 0.25) is 0 Å². The molecule has 0 saturated carbocycles. The van der Waals surface area contributed by atoms with Crippen LogP contribution in [0.15, 0.2) is 115 Å². The second kappa shape index (κ2) is 8.85.